The molecule has 0 aliphatic heterocycles. The van der Waals surface area contributed by atoms with Gasteiger partial charge in [0.25, 0.3) is 0 Å². The van der Waals surface area contributed by atoms with Gasteiger partial charge in [-0.1, -0.05) is 24.3 Å². The molecular formula is C18H18N4OS. The molecular weight excluding hydrogens is 320 g/mol. The third-order valence-electron chi connectivity index (χ3n) is 3.63. The first-order chi connectivity index (χ1) is 11.6. The van der Waals surface area contributed by atoms with E-state index in [1.165, 1.54) is 11.8 Å². The van der Waals surface area contributed by atoms with Gasteiger partial charge in [-0.3, -0.25) is 4.79 Å². The summed E-state index contributed by atoms with van der Waals surface area (Å²) in [5.74, 6) is -0.0157. The van der Waals surface area contributed by atoms with Crippen LogP contribution in [-0.4, -0.2) is 20.7 Å². The first kappa shape index (κ1) is 16.3. The summed E-state index contributed by atoms with van der Waals surface area (Å²) < 4.78 is 1.86. The van der Waals surface area contributed by atoms with E-state index in [9.17, 15) is 4.79 Å². The van der Waals surface area contributed by atoms with E-state index in [1.54, 1.807) is 6.33 Å². The third kappa shape index (κ3) is 4.02. The van der Waals surface area contributed by atoms with Crippen LogP contribution in [0.5, 0.6) is 0 Å². The summed E-state index contributed by atoms with van der Waals surface area (Å²) >= 11 is 1.53. The summed E-state index contributed by atoms with van der Waals surface area (Å²) in [6.07, 6.45) is 2.05. The molecule has 3 rings (SSSR count). The lowest BCUT2D eigenvalue weighted by molar-refractivity contribution is -0.115. The van der Waals surface area contributed by atoms with Crippen molar-refractivity contribution < 1.29 is 4.79 Å². The highest BCUT2D eigenvalue weighted by atomic mass is 32.2. The second-order valence-corrected chi connectivity index (χ2v) is 6.54. The van der Waals surface area contributed by atoms with Crippen molar-refractivity contribution in [1.82, 2.24) is 14.8 Å². The zero-order valence-electron chi connectivity index (χ0n) is 13.6. The van der Waals surface area contributed by atoms with E-state index in [0.29, 0.717) is 6.42 Å². The highest BCUT2D eigenvalue weighted by Crippen LogP contribution is 2.26. The molecule has 1 heterocycles. The Hall–Kier alpha value is -2.60. The fourth-order valence-corrected chi connectivity index (χ4v) is 3.03. The Bertz CT molecular complexity index is 842. The van der Waals surface area contributed by atoms with Crippen molar-refractivity contribution >= 4 is 23.4 Å². The molecule has 0 fully saturated rings. The lowest BCUT2D eigenvalue weighted by Gasteiger charge is -2.08. The van der Waals surface area contributed by atoms with E-state index in [2.05, 4.69) is 15.5 Å². The smallest absolute Gasteiger partial charge is 0.228 e. The SMILES string of the molecule is Cc1ccccc1CC(=O)Nc1ccc(Sc2nncn2C)cc1. The first-order valence-corrected chi connectivity index (χ1v) is 8.40. The minimum Gasteiger partial charge on any atom is -0.326 e. The largest absolute Gasteiger partial charge is 0.326 e. The van der Waals surface area contributed by atoms with Gasteiger partial charge in [-0.15, -0.1) is 10.2 Å². The number of amides is 1. The Balaban J connectivity index is 1.61. The number of nitrogens with one attached hydrogen (secondary N) is 1. The quantitative estimate of drug-likeness (QED) is 0.774. The minimum atomic E-state index is -0.0157. The Kier molecular flexibility index (Phi) is 4.96. The highest BCUT2D eigenvalue weighted by Gasteiger charge is 2.07. The summed E-state index contributed by atoms with van der Waals surface area (Å²) in [7, 11) is 1.91. The predicted molar refractivity (Wildman–Crippen MR) is 95.1 cm³/mol. The maximum absolute atomic E-state index is 12.2. The van der Waals surface area contributed by atoms with Crippen LogP contribution >= 0.6 is 11.8 Å². The molecule has 5 nitrogen and oxygen atoms in total. The number of hydrogen-bond donors (Lipinski definition) is 1. The summed E-state index contributed by atoms with van der Waals surface area (Å²) in [4.78, 5) is 13.2. The molecule has 0 atom stereocenters. The lowest BCUT2D eigenvalue weighted by atomic mass is 10.1. The monoisotopic (exact) mass is 338 g/mol. The number of benzene rings is 2. The number of carbonyl (C=O) groups is 1. The van der Waals surface area contributed by atoms with Crippen molar-refractivity contribution in [3.8, 4) is 0 Å². The van der Waals surface area contributed by atoms with Gasteiger partial charge in [-0.25, -0.2) is 0 Å². The molecule has 24 heavy (non-hydrogen) atoms. The van der Waals surface area contributed by atoms with E-state index in [-0.39, 0.29) is 5.91 Å². The van der Waals surface area contributed by atoms with Gasteiger partial charge >= 0.3 is 0 Å². The van der Waals surface area contributed by atoms with Crippen LogP contribution in [0.15, 0.2) is 64.9 Å². The Morgan fingerprint density at radius 1 is 1.17 bits per heavy atom. The average molecular weight is 338 g/mol. The van der Waals surface area contributed by atoms with Crippen LogP contribution in [0.1, 0.15) is 11.1 Å². The number of aryl methyl sites for hydroxylation is 2. The van der Waals surface area contributed by atoms with Gasteiger partial charge in [0.15, 0.2) is 5.16 Å². The number of carbonyl (C=O) groups excluding carboxylic acids is 1. The lowest BCUT2D eigenvalue weighted by Crippen LogP contribution is -2.14. The van der Waals surface area contributed by atoms with Gasteiger partial charge in [-0.2, -0.15) is 0 Å². The molecule has 0 radical (unpaired) electrons. The molecule has 3 aromatic rings. The highest BCUT2D eigenvalue weighted by molar-refractivity contribution is 7.99. The maximum Gasteiger partial charge on any atom is 0.228 e. The van der Waals surface area contributed by atoms with Crippen LogP contribution in [0.3, 0.4) is 0 Å². The first-order valence-electron chi connectivity index (χ1n) is 7.58. The Morgan fingerprint density at radius 3 is 2.58 bits per heavy atom. The van der Waals surface area contributed by atoms with E-state index in [4.69, 9.17) is 0 Å². The van der Waals surface area contributed by atoms with Gasteiger partial charge in [0, 0.05) is 17.6 Å². The molecule has 0 saturated carbocycles. The van der Waals surface area contributed by atoms with E-state index in [0.717, 1.165) is 26.9 Å². The molecule has 0 aliphatic rings. The van der Waals surface area contributed by atoms with Crippen LogP contribution in [0.4, 0.5) is 5.69 Å². The van der Waals surface area contributed by atoms with E-state index < -0.39 is 0 Å². The zero-order chi connectivity index (χ0) is 16.9. The van der Waals surface area contributed by atoms with Crippen LogP contribution in [0.25, 0.3) is 0 Å². The van der Waals surface area contributed by atoms with Crippen molar-refractivity contribution in [3.63, 3.8) is 0 Å². The fraction of sp³-hybridized carbons (Fsp3) is 0.167. The second kappa shape index (κ2) is 7.31. The van der Waals surface area contributed by atoms with Gasteiger partial charge in [0.2, 0.25) is 5.91 Å². The van der Waals surface area contributed by atoms with Gasteiger partial charge in [0.1, 0.15) is 6.33 Å². The third-order valence-corrected chi connectivity index (χ3v) is 4.69. The summed E-state index contributed by atoms with van der Waals surface area (Å²) in [6, 6.07) is 15.6. The van der Waals surface area contributed by atoms with Gasteiger partial charge in [-0.05, 0) is 54.1 Å². The van der Waals surface area contributed by atoms with Gasteiger partial charge < -0.3 is 9.88 Å². The van der Waals surface area contributed by atoms with Crippen molar-refractivity contribution in [2.24, 2.45) is 7.05 Å². The Labute approximate surface area is 145 Å². The minimum absolute atomic E-state index is 0.0157. The molecule has 6 heteroatoms. The van der Waals surface area contributed by atoms with Crippen molar-refractivity contribution in [3.05, 3.63) is 66.0 Å². The van der Waals surface area contributed by atoms with Crippen LogP contribution < -0.4 is 5.32 Å². The normalized spacial score (nSPS) is 10.6. The molecule has 122 valence electrons. The van der Waals surface area contributed by atoms with Crippen LogP contribution in [0.2, 0.25) is 0 Å². The molecule has 0 saturated heterocycles. The molecule has 1 N–H and O–H groups in total. The summed E-state index contributed by atoms with van der Waals surface area (Å²) in [5, 5.41) is 11.7. The number of rotatable bonds is 5. The topological polar surface area (TPSA) is 59.8 Å². The Morgan fingerprint density at radius 2 is 1.92 bits per heavy atom. The molecule has 1 amide bonds. The van der Waals surface area contributed by atoms with Crippen molar-refractivity contribution in [2.45, 2.75) is 23.4 Å². The maximum atomic E-state index is 12.2. The zero-order valence-corrected chi connectivity index (χ0v) is 14.4. The molecule has 2 aromatic carbocycles. The van der Waals surface area contributed by atoms with E-state index >= 15 is 0 Å². The van der Waals surface area contributed by atoms with Crippen molar-refractivity contribution in [2.75, 3.05) is 5.32 Å². The molecule has 0 unspecified atom stereocenters. The number of nitrogens with zero attached hydrogens (tertiary/aromatic N) is 3. The molecule has 0 spiro atoms. The second-order valence-electron chi connectivity index (χ2n) is 5.50. The fourth-order valence-electron chi connectivity index (χ4n) is 2.26. The number of aromatic nitrogens is 3. The van der Waals surface area contributed by atoms with E-state index in [1.807, 2.05) is 67.1 Å². The van der Waals surface area contributed by atoms with Crippen molar-refractivity contribution in [1.29, 1.82) is 0 Å². The number of anilines is 1. The molecule has 1 aromatic heterocycles. The van der Waals surface area contributed by atoms with Crippen LogP contribution in [-0.2, 0) is 18.3 Å². The molecule has 0 bridgehead atoms. The standard InChI is InChI=1S/C18H18N4OS/c1-13-5-3-4-6-14(13)11-17(23)20-15-7-9-16(10-8-15)24-18-21-19-12-22(18)2/h3-10,12H,11H2,1-2H3,(H,20,23). The predicted octanol–water partition coefficient (Wildman–Crippen LogP) is 3.46. The summed E-state index contributed by atoms with van der Waals surface area (Å²) in [5.41, 5.74) is 2.96. The number of hydrogen-bond acceptors (Lipinski definition) is 4. The molecule has 0 aliphatic carbocycles. The average Bonchev–Trinajstić information content (AvgIpc) is 2.96. The summed E-state index contributed by atoms with van der Waals surface area (Å²) in [6.45, 7) is 2.01. The van der Waals surface area contributed by atoms with Crippen LogP contribution in [0, 0.1) is 6.92 Å². The van der Waals surface area contributed by atoms with Gasteiger partial charge in [0.05, 0.1) is 6.42 Å².